The average Bonchev–Trinajstić information content (AvgIpc) is 2.85. The molecule has 1 unspecified atom stereocenters. The van der Waals surface area contributed by atoms with Gasteiger partial charge in [-0.25, -0.2) is 0 Å². The molecule has 0 fully saturated rings. The summed E-state index contributed by atoms with van der Waals surface area (Å²) in [7, 11) is 0. The lowest BCUT2D eigenvalue weighted by atomic mass is 10.1. The highest BCUT2D eigenvalue weighted by molar-refractivity contribution is 8.00. The molecule has 0 aliphatic heterocycles. The molecule has 4 aromatic carbocycles. The van der Waals surface area contributed by atoms with Crippen LogP contribution in [-0.4, -0.2) is 17.1 Å². The zero-order valence-electron chi connectivity index (χ0n) is 19.1. The maximum Gasteiger partial charge on any atom is 0.255 e. The molecule has 0 heterocycles. The highest BCUT2D eigenvalue weighted by Gasteiger charge is 2.24. The third kappa shape index (κ3) is 5.74. The molecule has 0 aromatic heterocycles. The van der Waals surface area contributed by atoms with E-state index < -0.39 is 0 Å². The van der Waals surface area contributed by atoms with Gasteiger partial charge in [-0.3, -0.25) is 14.5 Å². The van der Waals surface area contributed by atoms with E-state index in [4.69, 9.17) is 0 Å². The SMILES string of the molecule is Cc1cccc(C(=O)Nc2cccc(SC(C)C(=O)N(c3ccccc3)c3ccccc3)c2)c1. The summed E-state index contributed by atoms with van der Waals surface area (Å²) in [4.78, 5) is 28.9. The van der Waals surface area contributed by atoms with Crippen molar-refractivity contribution < 1.29 is 9.59 Å². The van der Waals surface area contributed by atoms with Crippen molar-refractivity contribution in [2.75, 3.05) is 10.2 Å². The van der Waals surface area contributed by atoms with Gasteiger partial charge in [0.1, 0.15) is 0 Å². The molecule has 5 heteroatoms. The Bertz CT molecular complexity index is 1240. The zero-order valence-corrected chi connectivity index (χ0v) is 20.0. The molecule has 4 aromatic rings. The minimum absolute atomic E-state index is 0.0170. The summed E-state index contributed by atoms with van der Waals surface area (Å²) < 4.78 is 0. The van der Waals surface area contributed by atoms with Crippen LogP contribution in [0, 0.1) is 6.92 Å². The third-order valence-electron chi connectivity index (χ3n) is 5.28. The Hall–Kier alpha value is -3.83. The van der Waals surface area contributed by atoms with E-state index >= 15 is 0 Å². The molecule has 0 saturated carbocycles. The normalized spacial score (nSPS) is 11.5. The van der Waals surface area contributed by atoms with Crippen molar-refractivity contribution in [1.82, 2.24) is 0 Å². The molecule has 0 aliphatic carbocycles. The van der Waals surface area contributed by atoms with E-state index in [9.17, 15) is 9.59 Å². The van der Waals surface area contributed by atoms with Crippen LogP contribution < -0.4 is 10.2 Å². The standard InChI is InChI=1S/C29H26N2O2S/c1-21-11-9-12-23(19-21)28(32)30-24-13-10-18-27(20-24)34-22(2)29(33)31(25-14-5-3-6-15-25)26-16-7-4-8-17-26/h3-20,22H,1-2H3,(H,30,32). The highest BCUT2D eigenvalue weighted by Crippen LogP contribution is 2.32. The van der Waals surface area contributed by atoms with E-state index in [1.165, 1.54) is 11.8 Å². The summed E-state index contributed by atoms with van der Waals surface area (Å²) in [6.45, 7) is 3.87. The maximum atomic E-state index is 13.6. The molecular weight excluding hydrogens is 440 g/mol. The first-order chi connectivity index (χ1) is 16.5. The van der Waals surface area contributed by atoms with E-state index in [0.29, 0.717) is 11.3 Å². The van der Waals surface area contributed by atoms with Crippen LogP contribution in [0.2, 0.25) is 0 Å². The molecule has 0 spiro atoms. The van der Waals surface area contributed by atoms with Gasteiger partial charge in [-0.1, -0.05) is 60.2 Å². The second kappa shape index (κ2) is 10.9. The molecule has 4 rings (SSSR count). The number of anilines is 3. The number of aryl methyl sites for hydroxylation is 1. The van der Waals surface area contributed by atoms with Crippen molar-refractivity contribution >= 4 is 40.6 Å². The van der Waals surface area contributed by atoms with Crippen LogP contribution in [0.15, 0.2) is 114 Å². The van der Waals surface area contributed by atoms with E-state index in [1.807, 2.05) is 117 Å². The van der Waals surface area contributed by atoms with Crippen molar-refractivity contribution in [3.8, 4) is 0 Å². The van der Waals surface area contributed by atoms with Gasteiger partial charge >= 0.3 is 0 Å². The summed E-state index contributed by atoms with van der Waals surface area (Å²) in [5.74, 6) is -0.175. The summed E-state index contributed by atoms with van der Waals surface area (Å²) in [5, 5.41) is 2.61. The number of hydrogen-bond acceptors (Lipinski definition) is 3. The number of carbonyl (C=O) groups excluding carboxylic acids is 2. The quantitative estimate of drug-likeness (QED) is 0.296. The van der Waals surface area contributed by atoms with Crippen LogP contribution in [-0.2, 0) is 4.79 Å². The van der Waals surface area contributed by atoms with E-state index in [-0.39, 0.29) is 17.1 Å². The van der Waals surface area contributed by atoms with Crippen LogP contribution in [0.25, 0.3) is 0 Å². The Labute approximate surface area is 204 Å². The first-order valence-corrected chi connectivity index (χ1v) is 12.0. The van der Waals surface area contributed by atoms with Gasteiger partial charge < -0.3 is 5.32 Å². The number of thioether (sulfide) groups is 1. The predicted molar refractivity (Wildman–Crippen MR) is 141 cm³/mol. The van der Waals surface area contributed by atoms with E-state index in [0.717, 1.165) is 21.8 Å². The average molecular weight is 467 g/mol. The van der Waals surface area contributed by atoms with Crippen molar-refractivity contribution in [2.45, 2.75) is 24.0 Å². The highest BCUT2D eigenvalue weighted by atomic mass is 32.2. The molecule has 0 aliphatic rings. The van der Waals surface area contributed by atoms with Gasteiger partial charge in [0.05, 0.1) is 5.25 Å². The minimum Gasteiger partial charge on any atom is -0.322 e. The topological polar surface area (TPSA) is 49.4 Å². The number of hydrogen-bond donors (Lipinski definition) is 1. The fourth-order valence-electron chi connectivity index (χ4n) is 3.63. The Morgan fingerprint density at radius 2 is 1.38 bits per heavy atom. The number of nitrogens with one attached hydrogen (secondary N) is 1. The van der Waals surface area contributed by atoms with Gasteiger partial charge in [0.2, 0.25) is 5.91 Å². The maximum absolute atomic E-state index is 13.6. The fourth-order valence-corrected chi connectivity index (χ4v) is 4.60. The summed E-state index contributed by atoms with van der Waals surface area (Å²) in [6, 6.07) is 34.4. The molecule has 2 amide bonds. The molecule has 1 N–H and O–H groups in total. The van der Waals surface area contributed by atoms with Crippen LogP contribution in [0.4, 0.5) is 17.1 Å². The lowest BCUT2D eigenvalue weighted by Gasteiger charge is -2.26. The molecule has 0 saturated heterocycles. The Morgan fingerprint density at radius 3 is 2.00 bits per heavy atom. The number of amides is 2. The zero-order chi connectivity index (χ0) is 23.9. The monoisotopic (exact) mass is 466 g/mol. The molecular formula is C29H26N2O2S. The Balaban J connectivity index is 1.51. The van der Waals surface area contributed by atoms with Gasteiger partial charge in [0, 0.05) is 27.5 Å². The molecule has 34 heavy (non-hydrogen) atoms. The lowest BCUT2D eigenvalue weighted by molar-refractivity contribution is -0.117. The Kier molecular flexibility index (Phi) is 7.45. The summed E-state index contributed by atoms with van der Waals surface area (Å²) >= 11 is 1.47. The number of nitrogens with zero attached hydrogens (tertiary/aromatic N) is 1. The third-order valence-corrected chi connectivity index (χ3v) is 6.36. The van der Waals surface area contributed by atoms with Crippen LogP contribution in [0.5, 0.6) is 0 Å². The van der Waals surface area contributed by atoms with E-state index in [1.54, 1.807) is 11.0 Å². The summed E-state index contributed by atoms with van der Waals surface area (Å²) in [6.07, 6.45) is 0. The van der Waals surface area contributed by atoms with Crippen LogP contribution in [0.3, 0.4) is 0 Å². The van der Waals surface area contributed by atoms with Gasteiger partial charge in [-0.05, 0) is 68.4 Å². The molecule has 170 valence electrons. The second-order valence-corrected chi connectivity index (χ2v) is 9.37. The second-order valence-electron chi connectivity index (χ2n) is 7.96. The number of benzene rings is 4. The first kappa shape index (κ1) is 23.3. The van der Waals surface area contributed by atoms with Crippen molar-refractivity contribution in [3.63, 3.8) is 0 Å². The Morgan fingerprint density at radius 1 is 0.765 bits per heavy atom. The minimum atomic E-state index is -0.344. The molecule has 0 bridgehead atoms. The predicted octanol–water partition coefficient (Wildman–Crippen LogP) is 7.09. The van der Waals surface area contributed by atoms with Crippen LogP contribution in [0.1, 0.15) is 22.8 Å². The first-order valence-electron chi connectivity index (χ1n) is 11.1. The number of para-hydroxylation sites is 2. The van der Waals surface area contributed by atoms with E-state index in [2.05, 4.69) is 5.32 Å². The number of rotatable bonds is 7. The van der Waals surface area contributed by atoms with Crippen LogP contribution >= 0.6 is 11.8 Å². The summed E-state index contributed by atoms with van der Waals surface area (Å²) in [5.41, 5.74) is 3.99. The van der Waals surface area contributed by atoms with Gasteiger partial charge in [0.15, 0.2) is 0 Å². The van der Waals surface area contributed by atoms with Gasteiger partial charge in [-0.2, -0.15) is 0 Å². The molecule has 0 radical (unpaired) electrons. The largest absolute Gasteiger partial charge is 0.322 e. The molecule has 4 nitrogen and oxygen atoms in total. The van der Waals surface area contributed by atoms with Gasteiger partial charge in [-0.15, -0.1) is 11.8 Å². The van der Waals surface area contributed by atoms with Crippen molar-refractivity contribution in [1.29, 1.82) is 0 Å². The lowest BCUT2D eigenvalue weighted by Crippen LogP contribution is -2.32. The number of carbonyl (C=O) groups is 2. The fraction of sp³-hybridized carbons (Fsp3) is 0.103. The molecule has 1 atom stereocenters. The van der Waals surface area contributed by atoms with Crippen molar-refractivity contribution in [2.24, 2.45) is 0 Å². The van der Waals surface area contributed by atoms with Gasteiger partial charge in [0.25, 0.3) is 5.91 Å². The van der Waals surface area contributed by atoms with Crippen molar-refractivity contribution in [3.05, 3.63) is 120 Å². The smallest absolute Gasteiger partial charge is 0.255 e.